The molecule has 1 rings (SSSR count). The lowest BCUT2D eigenvalue weighted by atomic mass is 10.2. The van der Waals surface area contributed by atoms with Crippen molar-refractivity contribution in [3.8, 4) is 0 Å². The van der Waals surface area contributed by atoms with Crippen LogP contribution in [-0.4, -0.2) is 30.7 Å². The lowest BCUT2D eigenvalue weighted by Crippen LogP contribution is -2.37. The highest BCUT2D eigenvalue weighted by Gasteiger charge is 2.15. The molecule has 0 aromatic heterocycles. The molecule has 1 aromatic rings. The number of nitrogen functional groups attached to an aromatic ring is 1. The minimum absolute atomic E-state index is 0.207. The van der Waals surface area contributed by atoms with E-state index in [4.69, 9.17) is 33.7 Å². The first-order valence-corrected chi connectivity index (χ1v) is 7.35. The van der Waals surface area contributed by atoms with Gasteiger partial charge in [-0.2, -0.15) is 0 Å². The van der Waals surface area contributed by atoms with Gasteiger partial charge in [0.05, 0.1) is 15.7 Å². The van der Waals surface area contributed by atoms with E-state index in [1.165, 1.54) is 12.1 Å². The molecule has 6 nitrogen and oxygen atoms in total. The van der Waals surface area contributed by atoms with Crippen LogP contribution in [0.25, 0.3) is 0 Å². The van der Waals surface area contributed by atoms with Gasteiger partial charge in [0.2, 0.25) is 0 Å². The molecule has 0 aliphatic carbocycles. The maximum Gasteiger partial charge on any atom is 0.407 e. The number of carbonyl (C=O) groups excluding carboxylic acids is 2. The predicted molar refractivity (Wildman–Crippen MR) is 87.4 cm³/mol. The second kappa shape index (κ2) is 7.56. The largest absolute Gasteiger partial charge is 0.444 e. The fraction of sp³-hybridized carbons (Fsp3) is 0.429. The number of benzene rings is 1. The SMILES string of the molecule is CC(C)(C)OC(=O)NCCNC(=O)c1cc(N)c(Cl)c(Cl)c1. The first-order chi connectivity index (χ1) is 10.1. The summed E-state index contributed by atoms with van der Waals surface area (Å²) in [4.78, 5) is 23.3. The second-order valence-corrected chi connectivity index (χ2v) is 6.33. The average Bonchev–Trinajstić information content (AvgIpc) is 2.38. The Kier molecular flexibility index (Phi) is 6.32. The number of carbonyl (C=O) groups is 2. The summed E-state index contributed by atoms with van der Waals surface area (Å²) in [5.74, 6) is -0.365. The number of hydrogen-bond acceptors (Lipinski definition) is 4. The topological polar surface area (TPSA) is 93.5 Å². The van der Waals surface area contributed by atoms with Gasteiger partial charge in [0.1, 0.15) is 5.60 Å². The lowest BCUT2D eigenvalue weighted by molar-refractivity contribution is 0.0526. The Morgan fingerprint density at radius 3 is 2.32 bits per heavy atom. The van der Waals surface area contributed by atoms with Crippen molar-refractivity contribution < 1.29 is 14.3 Å². The summed E-state index contributed by atoms with van der Waals surface area (Å²) >= 11 is 11.7. The molecule has 0 aliphatic rings. The summed E-state index contributed by atoms with van der Waals surface area (Å²) in [5, 5.41) is 5.57. The van der Waals surface area contributed by atoms with Crippen molar-refractivity contribution in [2.45, 2.75) is 26.4 Å². The van der Waals surface area contributed by atoms with Gasteiger partial charge in [-0.25, -0.2) is 4.79 Å². The molecule has 22 heavy (non-hydrogen) atoms. The van der Waals surface area contributed by atoms with Crippen LogP contribution in [0, 0.1) is 0 Å². The Labute approximate surface area is 139 Å². The molecule has 0 bridgehead atoms. The van der Waals surface area contributed by atoms with Gasteiger partial charge in [-0.3, -0.25) is 4.79 Å². The monoisotopic (exact) mass is 347 g/mol. The number of amides is 2. The summed E-state index contributed by atoms with van der Waals surface area (Å²) < 4.78 is 5.06. The smallest absolute Gasteiger partial charge is 0.407 e. The first-order valence-electron chi connectivity index (χ1n) is 6.59. The zero-order valence-electron chi connectivity index (χ0n) is 12.6. The third kappa shape index (κ3) is 5.99. The molecule has 0 saturated heterocycles. The van der Waals surface area contributed by atoms with Crippen LogP contribution in [0.1, 0.15) is 31.1 Å². The van der Waals surface area contributed by atoms with E-state index in [0.29, 0.717) is 5.56 Å². The van der Waals surface area contributed by atoms with Crippen LogP contribution in [0.2, 0.25) is 10.0 Å². The summed E-state index contributed by atoms with van der Waals surface area (Å²) in [6.45, 7) is 5.77. The molecular weight excluding hydrogens is 329 g/mol. The van der Waals surface area contributed by atoms with Crippen LogP contribution in [-0.2, 0) is 4.74 Å². The lowest BCUT2D eigenvalue weighted by Gasteiger charge is -2.19. The molecule has 0 saturated carbocycles. The zero-order valence-corrected chi connectivity index (χ0v) is 14.1. The fourth-order valence-corrected chi connectivity index (χ4v) is 1.83. The Balaban J connectivity index is 2.43. The standard InChI is InChI=1S/C14H19Cl2N3O3/c1-14(2,3)22-13(21)19-5-4-18-12(20)8-6-9(15)11(16)10(17)7-8/h6-7H,4-5,17H2,1-3H3,(H,18,20)(H,19,21). The maximum atomic E-state index is 11.9. The van der Waals surface area contributed by atoms with Gasteiger partial charge in [-0.15, -0.1) is 0 Å². The van der Waals surface area contributed by atoms with E-state index in [-0.39, 0.29) is 34.7 Å². The van der Waals surface area contributed by atoms with E-state index in [9.17, 15) is 9.59 Å². The van der Waals surface area contributed by atoms with E-state index in [2.05, 4.69) is 10.6 Å². The van der Waals surface area contributed by atoms with Crippen LogP contribution < -0.4 is 16.4 Å². The Morgan fingerprint density at radius 2 is 1.77 bits per heavy atom. The minimum Gasteiger partial charge on any atom is -0.444 e. The highest BCUT2D eigenvalue weighted by Crippen LogP contribution is 2.29. The third-order valence-electron chi connectivity index (χ3n) is 2.40. The van der Waals surface area contributed by atoms with Gasteiger partial charge in [0.25, 0.3) is 5.91 Å². The van der Waals surface area contributed by atoms with E-state index in [1.807, 2.05) is 0 Å². The van der Waals surface area contributed by atoms with Crippen LogP contribution >= 0.6 is 23.2 Å². The number of hydrogen-bond donors (Lipinski definition) is 3. The molecule has 2 amide bonds. The summed E-state index contributed by atoms with van der Waals surface area (Å²) in [6, 6.07) is 2.86. The number of nitrogens with one attached hydrogen (secondary N) is 2. The van der Waals surface area contributed by atoms with Crippen molar-refractivity contribution in [3.05, 3.63) is 27.7 Å². The van der Waals surface area contributed by atoms with Gasteiger partial charge >= 0.3 is 6.09 Å². The van der Waals surface area contributed by atoms with Crippen molar-refractivity contribution in [3.63, 3.8) is 0 Å². The highest BCUT2D eigenvalue weighted by atomic mass is 35.5. The van der Waals surface area contributed by atoms with E-state index in [1.54, 1.807) is 20.8 Å². The van der Waals surface area contributed by atoms with Crippen LogP contribution in [0.15, 0.2) is 12.1 Å². The van der Waals surface area contributed by atoms with E-state index >= 15 is 0 Å². The van der Waals surface area contributed by atoms with Gasteiger partial charge in [0, 0.05) is 18.7 Å². The summed E-state index contributed by atoms with van der Waals surface area (Å²) in [6.07, 6.45) is -0.541. The van der Waals surface area contributed by atoms with E-state index in [0.717, 1.165) is 0 Å². The molecule has 8 heteroatoms. The number of halogens is 2. The molecule has 0 atom stereocenters. The normalized spacial score (nSPS) is 11.0. The quantitative estimate of drug-likeness (QED) is 0.576. The maximum absolute atomic E-state index is 11.9. The number of rotatable bonds is 4. The first kappa shape index (κ1) is 18.4. The molecule has 0 aliphatic heterocycles. The van der Waals surface area contributed by atoms with Crippen LogP contribution in [0.3, 0.4) is 0 Å². The van der Waals surface area contributed by atoms with Gasteiger partial charge in [-0.1, -0.05) is 23.2 Å². The van der Waals surface area contributed by atoms with Gasteiger partial charge in [-0.05, 0) is 32.9 Å². The summed E-state index contributed by atoms with van der Waals surface area (Å²) in [5.41, 5.74) is 5.60. The van der Waals surface area contributed by atoms with Gasteiger partial charge < -0.3 is 21.1 Å². The van der Waals surface area contributed by atoms with Crippen molar-refractivity contribution in [1.82, 2.24) is 10.6 Å². The average molecular weight is 348 g/mol. The Morgan fingerprint density at radius 1 is 1.18 bits per heavy atom. The van der Waals surface area contributed by atoms with Crippen molar-refractivity contribution in [2.75, 3.05) is 18.8 Å². The minimum atomic E-state index is -0.565. The molecule has 0 unspecified atom stereocenters. The molecule has 0 radical (unpaired) electrons. The number of anilines is 1. The van der Waals surface area contributed by atoms with Gasteiger partial charge in [0.15, 0.2) is 0 Å². The van der Waals surface area contributed by atoms with Crippen molar-refractivity contribution in [2.24, 2.45) is 0 Å². The molecular formula is C14H19Cl2N3O3. The fourth-order valence-electron chi connectivity index (χ4n) is 1.50. The molecule has 4 N–H and O–H groups in total. The highest BCUT2D eigenvalue weighted by molar-refractivity contribution is 6.43. The van der Waals surface area contributed by atoms with Crippen LogP contribution in [0.5, 0.6) is 0 Å². The number of alkyl carbamates (subject to hydrolysis) is 1. The molecule has 1 aromatic carbocycles. The Bertz CT molecular complexity index is 548. The molecule has 0 heterocycles. The molecule has 0 fully saturated rings. The van der Waals surface area contributed by atoms with Crippen molar-refractivity contribution in [1.29, 1.82) is 0 Å². The van der Waals surface area contributed by atoms with Crippen molar-refractivity contribution >= 4 is 40.9 Å². The third-order valence-corrected chi connectivity index (χ3v) is 3.21. The van der Waals surface area contributed by atoms with E-state index < -0.39 is 11.7 Å². The number of nitrogens with two attached hydrogens (primary N) is 1. The van der Waals surface area contributed by atoms with Crippen LogP contribution in [0.4, 0.5) is 10.5 Å². The molecule has 0 spiro atoms. The summed E-state index contributed by atoms with van der Waals surface area (Å²) in [7, 11) is 0. The second-order valence-electron chi connectivity index (χ2n) is 5.55. The Hall–Kier alpha value is -1.66. The predicted octanol–water partition coefficient (Wildman–Crippen LogP) is 2.83. The molecule has 122 valence electrons. The zero-order chi connectivity index (χ0) is 16.9. The number of ether oxygens (including phenoxy) is 1.